The number of nitrogens with zero attached hydrogens (tertiary/aromatic N) is 1. The Morgan fingerprint density at radius 1 is 1.28 bits per heavy atom. The maximum atomic E-state index is 12.8. The Morgan fingerprint density at radius 2 is 2.03 bits per heavy atom. The molecule has 4 amide bonds. The van der Waals surface area contributed by atoms with Crippen molar-refractivity contribution >= 4 is 23.8 Å². The van der Waals surface area contributed by atoms with Crippen LogP contribution in [0.5, 0.6) is 0 Å². The number of imide groups is 1. The highest BCUT2D eigenvalue weighted by Crippen LogP contribution is 2.38. The van der Waals surface area contributed by atoms with Crippen molar-refractivity contribution in [2.45, 2.75) is 90.1 Å². The molecule has 0 bridgehead atoms. The molecule has 29 heavy (non-hydrogen) atoms. The van der Waals surface area contributed by atoms with Crippen molar-refractivity contribution in [1.29, 1.82) is 0 Å². The summed E-state index contributed by atoms with van der Waals surface area (Å²) in [6.07, 6.45) is 8.74. The van der Waals surface area contributed by atoms with Crippen molar-refractivity contribution in [2.75, 3.05) is 13.2 Å². The van der Waals surface area contributed by atoms with Crippen molar-refractivity contribution in [1.82, 2.24) is 15.5 Å². The molecule has 2 fully saturated rings. The molecule has 1 saturated carbocycles. The number of urea groups is 1. The Labute approximate surface area is 173 Å². The van der Waals surface area contributed by atoms with Crippen molar-refractivity contribution in [2.24, 2.45) is 5.92 Å². The zero-order chi connectivity index (χ0) is 21.4. The fourth-order valence-corrected chi connectivity index (χ4v) is 4.23. The number of ether oxygens (including phenoxy) is 1. The minimum Gasteiger partial charge on any atom is -0.454 e. The molecule has 1 spiro atoms. The second-order valence-electron chi connectivity index (χ2n) is 8.42. The lowest BCUT2D eigenvalue weighted by atomic mass is 9.73. The van der Waals surface area contributed by atoms with Gasteiger partial charge >= 0.3 is 12.0 Å². The van der Waals surface area contributed by atoms with Gasteiger partial charge in [-0.15, -0.1) is 0 Å². The van der Waals surface area contributed by atoms with Crippen LogP contribution >= 0.6 is 0 Å². The van der Waals surface area contributed by atoms with E-state index in [4.69, 9.17) is 4.74 Å². The monoisotopic (exact) mass is 409 g/mol. The van der Waals surface area contributed by atoms with Crippen molar-refractivity contribution in [3.05, 3.63) is 0 Å². The van der Waals surface area contributed by atoms with E-state index in [9.17, 15) is 19.2 Å². The third-order valence-corrected chi connectivity index (χ3v) is 6.05. The summed E-state index contributed by atoms with van der Waals surface area (Å²) in [5, 5.41) is 5.59. The smallest absolute Gasteiger partial charge is 0.326 e. The van der Waals surface area contributed by atoms with Gasteiger partial charge in [-0.1, -0.05) is 52.4 Å². The summed E-state index contributed by atoms with van der Waals surface area (Å²) in [7, 11) is 0. The van der Waals surface area contributed by atoms with Gasteiger partial charge < -0.3 is 15.4 Å². The highest BCUT2D eigenvalue weighted by atomic mass is 16.5. The second kappa shape index (κ2) is 10.6. The molecule has 1 saturated heterocycles. The van der Waals surface area contributed by atoms with Crippen molar-refractivity contribution in [3.63, 3.8) is 0 Å². The second-order valence-corrected chi connectivity index (χ2v) is 8.42. The number of rotatable bonds is 10. The summed E-state index contributed by atoms with van der Waals surface area (Å²) >= 11 is 0. The third-order valence-electron chi connectivity index (χ3n) is 6.05. The van der Waals surface area contributed by atoms with Crippen LogP contribution in [0.2, 0.25) is 0 Å². The van der Waals surface area contributed by atoms with E-state index in [1.807, 2.05) is 13.8 Å². The fourth-order valence-electron chi connectivity index (χ4n) is 4.23. The Kier molecular flexibility index (Phi) is 8.46. The van der Waals surface area contributed by atoms with Gasteiger partial charge in [-0.25, -0.2) is 4.79 Å². The first-order valence-electron chi connectivity index (χ1n) is 10.9. The predicted octanol–water partition coefficient (Wildman–Crippen LogP) is 2.51. The SMILES string of the molecule is CCCCCC[C@@H](C)NC(=O)COC(=O)CN1C(=O)N[C@@]2(CCCC[C@@H]2C)C1=O. The van der Waals surface area contributed by atoms with Gasteiger partial charge in [-0.3, -0.25) is 19.3 Å². The molecular weight excluding hydrogens is 374 g/mol. The van der Waals surface area contributed by atoms with Crippen LogP contribution < -0.4 is 10.6 Å². The maximum absolute atomic E-state index is 12.8. The molecule has 0 aromatic carbocycles. The molecule has 0 aromatic rings. The number of nitrogens with one attached hydrogen (secondary N) is 2. The Balaban J connectivity index is 1.75. The van der Waals surface area contributed by atoms with Crippen LogP contribution in [0.3, 0.4) is 0 Å². The number of amides is 4. The van der Waals surface area contributed by atoms with Crippen LogP contribution in [0.4, 0.5) is 4.79 Å². The van der Waals surface area contributed by atoms with E-state index in [-0.39, 0.29) is 23.8 Å². The van der Waals surface area contributed by atoms with E-state index in [0.717, 1.165) is 49.8 Å². The van der Waals surface area contributed by atoms with Crippen molar-refractivity contribution < 1.29 is 23.9 Å². The summed E-state index contributed by atoms with van der Waals surface area (Å²) in [4.78, 5) is 50.1. The number of hydrogen-bond acceptors (Lipinski definition) is 5. The number of carbonyl (C=O) groups is 4. The third kappa shape index (κ3) is 5.93. The maximum Gasteiger partial charge on any atom is 0.326 e. The Hall–Kier alpha value is -2.12. The van der Waals surface area contributed by atoms with Gasteiger partial charge in [0.15, 0.2) is 6.61 Å². The van der Waals surface area contributed by atoms with Crippen LogP contribution in [0, 0.1) is 5.92 Å². The quantitative estimate of drug-likeness (QED) is 0.328. The van der Waals surface area contributed by atoms with Crippen LogP contribution in [0.25, 0.3) is 0 Å². The molecule has 1 aliphatic heterocycles. The molecule has 3 atom stereocenters. The zero-order valence-electron chi connectivity index (χ0n) is 17.9. The van der Waals surface area contributed by atoms with Gasteiger partial charge in [-0.05, 0) is 32.1 Å². The lowest BCUT2D eigenvalue weighted by Gasteiger charge is -2.36. The lowest BCUT2D eigenvalue weighted by molar-refractivity contribution is -0.151. The number of carbonyl (C=O) groups excluding carboxylic acids is 4. The minimum absolute atomic E-state index is 0.0108. The molecule has 2 rings (SSSR count). The van der Waals surface area contributed by atoms with E-state index in [2.05, 4.69) is 17.6 Å². The molecule has 1 aliphatic carbocycles. The predicted molar refractivity (Wildman–Crippen MR) is 108 cm³/mol. The first-order chi connectivity index (χ1) is 13.8. The first kappa shape index (κ1) is 23.2. The van der Waals surface area contributed by atoms with Crippen LogP contribution in [-0.4, -0.2) is 53.4 Å². The molecule has 1 heterocycles. The van der Waals surface area contributed by atoms with E-state index in [1.165, 1.54) is 6.42 Å². The summed E-state index contributed by atoms with van der Waals surface area (Å²) < 4.78 is 4.98. The topological polar surface area (TPSA) is 105 Å². The molecule has 2 aliphatic rings. The van der Waals surface area contributed by atoms with E-state index < -0.39 is 30.7 Å². The minimum atomic E-state index is -0.903. The molecule has 0 aromatic heterocycles. The summed E-state index contributed by atoms with van der Waals surface area (Å²) in [5.41, 5.74) is -0.903. The van der Waals surface area contributed by atoms with Crippen LogP contribution in [0.15, 0.2) is 0 Å². The van der Waals surface area contributed by atoms with Gasteiger partial charge in [0.2, 0.25) is 0 Å². The van der Waals surface area contributed by atoms with Crippen LogP contribution in [0.1, 0.15) is 78.6 Å². The van der Waals surface area contributed by atoms with E-state index >= 15 is 0 Å². The first-order valence-corrected chi connectivity index (χ1v) is 10.9. The van der Waals surface area contributed by atoms with Crippen LogP contribution in [-0.2, 0) is 19.1 Å². The number of hydrogen-bond donors (Lipinski definition) is 2. The summed E-state index contributed by atoms with van der Waals surface area (Å²) in [6, 6.07) is -0.553. The molecule has 0 unspecified atom stereocenters. The van der Waals surface area contributed by atoms with Crippen molar-refractivity contribution in [3.8, 4) is 0 Å². The van der Waals surface area contributed by atoms with Gasteiger partial charge in [0.05, 0.1) is 0 Å². The average Bonchev–Trinajstić information content (AvgIpc) is 2.91. The standard InChI is InChI=1S/C21H35N3O5/c1-4-5-6-7-11-16(3)22-17(25)14-29-18(26)13-24-19(27)21(23-20(24)28)12-9-8-10-15(21)2/h15-16H,4-14H2,1-3H3,(H,22,25)(H,23,28)/t15-,16+,21+/m0/s1. The lowest BCUT2D eigenvalue weighted by Crippen LogP contribution is -2.54. The summed E-state index contributed by atoms with van der Waals surface area (Å²) in [5.74, 6) is -1.48. The van der Waals surface area contributed by atoms with E-state index in [1.54, 1.807) is 0 Å². The Bertz CT molecular complexity index is 623. The number of esters is 1. The molecular formula is C21H35N3O5. The normalized spacial score (nSPS) is 25.1. The fraction of sp³-hybridized carbons (Fsp3) is 0.810. The van der Waals surface area contributed by atoms with Gasteiger partial charge in [0.1, 0.15) is 12.1 Å². The zero-order valence-corrected chi connectivity index (χ0v) is 17.9. The van der Waals surface area contributed by atoms with Gasteiger partial charge in [-0.2, -0.15) is 0 Å². The Morgan fingerprint density at radius 3 is 2.72 bits per heavy atom. The highest BCUT2D eigenvalue weighted by Gasteiger charge is 2.55. The molecule has 8 nitrogen and oxygen atoms in total. The number of unbranched alkanes of at least 4 members (excludes halogenated alkanes) is 3. The van der Waals surface area contributed by atoms with Gasteiger partial charge in [0, 0.05) is 6.04 Å². The molecule has 8 heteroatoms. The largest absolute Gasteiger partial charge is 0.454 e. The molecule has 164 valence electrons. The average molecular weight is 410 g/mol. The summed E-state index contributed by atoms with van der Waals surface area (Å²) in [6.45, 7) is 5.13. The molecule has 2 N–H and O–H groups in total. The molecule has 0 radical (unpaired) electrons. The highest BCUT2D eigenvalue weighted by molar-refractivity contribution is 6.09. The van der Waals surface area contributed by atoms with E-state index in [0.29, 0.717) is 6.42 Å². The van der Waals surface area contributed by atoms with Gasteiger partial charge in [0.25, 0.3) is 11.8 Å².